The summed E-state index contributed by atoms with van der Waals surface area (Å²) in [6.45, 7) is 0. The van der Waals surface area contributed by atoms with E-state index in [1.54, 1.807) is 0 Å². The first-order valence-corrected chi connectivity index (χ1v) is 8.45. The largest absolute Gasteiger partial charge is 0.400 e. The van der Waals surface area contributed by atoms with Crippen LogP contribution in [0, 0.1) is 0 Å². The standard InChI is InChI=1S/C20H16N4.CH4O/c21-15-9-3-1-7-13(15)19-22-16-10-4-2-8-14(16)20-23-17-11-5-6-12-18(17)24(19)20;1-2/h1-12,19,22H,21H2;2H,1H3/t19-;/m1./s1. The molecular formula is C21H20N4O. The normalized spacial score (nSPS) is 14.6. The number of anilines is 2. The van der Waals surface area contributed by atoms with E-state index in [-0.39, 0.29) is 6.17 Å². The summed E-state index contributed by atoms with van der Waals surface area (Å²) < 4.78 is 2.24. The summed E-state index contributed by atoms with van der Waals surface area (Å²) >= 11 is 0. The molecule has 0 aliphatic carbocycles. The Balaban J connectivity index is 0.000000814. The number of nitrogen functional groups attached to an aromatic ring is 1. The van der Waals surface area contributed by atoms with Gasteiger partial charge in [0.15, 0.2) is 0 Å². The molecule has 0 saturated carbocycles. The van der Waals surface area contributed by atoms with Gasteiger partial charge in [0.25, 0.3) is 0 Å². The highest BCUT2D eigenvalue weighted by Crippen LogP contribution is 2.41. The van der Waals surface area contributed by atoms with Crippen molar-refractivity contribution in [1.29, 1.82) is 0 Å². The Morgan fingerprint density at radius 3 is 2.46 bits per heavy atom. The monoisotopic (exact) mass is 344 g/mol. The second kappa shape index (κ2) is 6.54. The van der Waals surface area contributed by atoms with Crippen LogP contribution in [0.3, 0.4) is 0 Å². The lowest BCUT2D eigenvalue weighted by molar-refractivity contribution is 0.399. The average molecular weight is 344 g/mol. The molecule has 4 N–H and O–H groups in total. The van der Waals surface area contributed by atoms with Crippen molar-refractivity contribution in [2.75, 3.05) is 18.2 Å². The maximum Gasteiger partial charge on any atom is 0.145 e. The zero-order valence-electron chi connectivity index (χ0n) is 14.4. The molecule has 0 bridgehead atoms. The van der Waals surface area contributed by atoms with Gasteiger partial charge in [-0.25, -0.2) is 4.98 Å². The lowest BCUT2D eigenvalue weighted by Crippen LogP contribution is -2.25. The van der Waals surface area contributed by atoms with Crippen molar-refractivity contribution in [3.05, 3.63) is 78.4 Å². The predicted octanol–water partition coefficient (Wildman–Crippen LogP) is 3.87. The molecule has 1 aliphatic heterocycles. The van der Waals surface area contributed by atoms with Crippen molar-refractivity contribution in [1.82, 2.24) is 9.55 Å². The van der Waals surface area contributed by atoms with Crippen molar-refractivity contribution < 1.29 is 5.11 Å². The van der Waals surface area contributed by atoms with Gasteiger partial charge >= 0.3 is 0 Å². The molecule has 26 heavy (non-hydrogen) atoms. The molecule has 1 atom stereocenters. The Morgan fingerprint density at radius 2 is 1.62 bits per heavy atom. The van der Waals surface area contributed by atoms with Crippen molar-refractivity contribution >= 4 is 22.4 Å². The van der Waals surface area contributed by atoms with E-state index in [1.807, 2.05) is 42.5 Å². The fourth-order valence-corrected chi connectivity index (χ4v) is 3.49. The van der Waals surface area contributed by atoms with Crippen LogP contribution in [-0.4, -0.2) is 21.8 Å². The SMILES string of the molecule is CO.Nc1ccccc1[C@@H]1Nc2ccccc2-c2nc3ccccc3n21. The van der Waals surface area contributed by atoms with Gasteiger partial charge in [0, 0.05) is 29.6 Å². The van der Waals surface area contributed by atoms with E-state index >= 15 is 0 Å². The van der Waals surface area contributed by atoms with Gasteiger partial charge in [-0.3, -0.25) is 4.57 Å². The van der Waals surface area contributed by atoms with Gasteiger partial charge in [0.1, 0.15) is 12.0 Å². The maximum atomic E-state index is 7.00. The molecular weight excluding hydrogens is 324 g/mol. The molecule has 0 radical (unpaired) electrons. The molecule has 5 heteroatoms. The number of nitrogens with one attached hydrogen (secondary N) is 1. The number of rotatable bonds is 1. The summed E-state index contributed by atoms with van der Waals surface area (Å²) in [5.41, 5.74) is 12.4. The number of para-hydroxylation sites is 4. The Kier molecular flexibility index (Phi) is 4.07. The van der Waals surface area contributed by atoms with E-state index < -0.39 is 0 Å². The number of aliphatic hydroxyl groups is 1. The molecule has 1 aromatic heterocycles. The maximum absolute atomic E-state index is 7.00. The van der Waals surface area contributed by atoms with Crippen LogP contribution >= 0.6 is 0 Å². The highest BCUT2D eigenvalue weighted by molar-refractivity contribution is 5.87. The fourth-order valence-electron chi connectivity index (χ4n) is 3.49. The Morgan fingerprint density at radius 1 is 0.923 bits per heavy atom. The van der Waals surface area contributed by atoms with E-state index in [0.29, 0.717) is 0 Å². The molecule has 0 fully saturated rings. The third-order valence-corrected chi connectivity index (χ3v) is 4.60. The summed E-state index contributed by atoms with van der Waals surface area (Å²) in [6, 6.07) is 24.5. The van der Waals surface area contributed by atoms with Gasteiger partial charge in [-0.15, -0.1) is 0 Å². The number of nitrogens with zero attached hydrogens (tertiary/aromatic N) is 2. The quantitative estimate of drug-likeness (QED) is 0.458. The minimum absolute atomic E-state index is 0.0801. The Hall–Kier alpha value is -3.31. The second-order valence-electron chi connectivity index (χ2n) is 6.02. The Labute approximate surface area is 151 Å². The van der Waals surface area contributed by atoms with E-state index in [0.717, 1.165) is 46.5 Å². The summed E-state index contributed by atoms with van der Waals surface area (Å²) in [5.74, 6) is 0.971. The number of benzene rings is 3. The lowest BCUT2D eigenvalue weighted by atomic mass is 10.0. The van der Waals surface area contributed by atoms with Crippen LogP contribution in [0.2, 0.25) is 0 Å². The van der Waals surface area contributed by atoms with Crippen LogP contribution in [0.25, 0.3) is 22.4 Å². The topological polar surface area (TPSA) is 76.1 Å². The van der Waals surface area contributed by atoms with E-state index in [2.05, 4.69) is 40.2 Å². The molecule has 5 nitrogen and oxygen atoms in total. The third-order valence-electron chi connectivity index (χ3n) is 4.60. The van der Waals surface area contributed by atoms with Crippen molar-refractivity contribution in [3.8, 4) is 11.4 Å². The first-order valence-electron chi connectivity index (χ1n) is 8.45. The second-order valence-corrected chi connectivity index (χ2v) is 6.02. The van der Waals surface area contributed by atoms with Crippen LogP contribution in [0.1, 0.15) is 11.7 Å². The van der Waals surface area contributed by atoms with Crippen LogP contribution < -0.4 is 11.1 Å². The van der Waals surface area contributed by atoms with Gasteiger partial charge in [-0.2, -0.15) is 0 Å². The van der Waals surface area contributed by atoms with Crippen molar-refractivity contribution in [3.63, 3.8) is 0 Å². The number of hydrogen-bond donors (Lipinski definition) is 3. The van der Waals surface area contributed by atoms with Gasteiger partial charge in [-0.05, 0) is 30.3 Å². The molecule has 130 valence electrons. The summed E-state index contributed by atoms with van der Waals surface area (Å²) in [4.78, 5) is 4.88. The van der Waals surface area contributed by atoms with Gasteiger partial charge in [-0.1, -0.05) is 42.5 Å². The van der Waals surface area contributed by atoms with Crippen LogP contribution in [0.15, 0.2) is 72.8 Å². The molecule has 0 saturated heterocycles. The summed E-state index contributed by atoms with van der Waals surface area (Å²) in [6.07, 6.45) is -0.0801. The molecule has 2 heterocycles. The molecule has 4 aromatic rings. The first-order chi connectivity index (χ1) is 12.8. The molecule has 0 spiro atoms. The summed E-state index contributed by atoms with van der Waals surface area (Å²) in [5, 5.41) is 10.6. The van der Waals surface area contributed by atoms with E-state index in [1.165, 1.54) is 0 Å². The van der Waals surface area contributed by atoms with E-state index in [9.17, 15) is 0 Å². The first kappa shape index (κ1) is 16.2. The van der Waals surface area contributed by atoms with Crippen LogP contribution in [-0.2, 0) is 0 Å². The minimum Gasteiger partial charge on any atom is -0.400 e. The van der Waals surface area contributed by atoms with Gasteiger partial charge in [0.05, 0.1) is 11.0 Å². The van der Waals surface area contributed by atoms with Gasteiger partial charge in [0.2, 0.25) is 0 Å². The number of hydrogen-bond acceptors (Lipinski definition) is 4. The average Bonchev–Trinajstić information content (AvgIpc) is 3.09. The van der Waals surface area contributed by atoms with Crippen LogP contribution in [0.4, 0.5) is 11.4 Å². The number of aliphatic hydroxyl groups excluding tert-OH is 1. The van der Waals surface area contributed by atoms with E-state index in [4.69, 9.17) is 15.8 Å². The van der Waals surface area contributed by atoms with Crippen molar-refractivity contribution in [2.45, 2.75) is 6.17 Å². The highest BCUT2D eigenvalue weighted by atomic mass is 16.2. The zero-order valence-corrected chi connectivity index (χ0v) is 14.4. The Bertz CT molecular complexity index is 1070. The highest BCUT2D eigenvalue weighted by Gasteiger charge is 2.28. The number of nitrogens with two attached hydrogens (primary N) is 1. The predicted molar refractivity (Wildman–Crippen MR) is 106 cm³/mol. The van der Waals surface area contributed by atoms with Gasteiger partial charge < -0.3 is 16.2 Å². The van der Waals surface area contributed by atoms with Crippen LogP contribution in [0.5, 0.6) is 0 Å². The molecule has 0 amide bonds. The number of imidazole rings is 1. The molecule has 0 unspecified atom stereocenters. The minimum atomic E-state index is -0.0801. The number of fused-ring (bicyclic) bond motifs is 5. The number of aromatic nitrogens is 2. The zero-order chi connectivity index (χ0) is 18.1. The lowest BCUT2D eigenvalue weighted by Gasteiger charge is -2.31. The van der Waals surface area contributed by atoms with Crippen molar-refractivity contribution in [2.24, 2.45) is 0 Å². The molecule has 1 aliphatic rings. The molecule has 5 rings (SSSR count). The molecule has 3 aromatic carbocycles. The summed E-state index contributed by atoms with van der Waals surface area (Å²) in [7, 11) is 1.00. The smallest absolute Gasteiger partial charge is 0.145 e. The third kappa shape index (κ3) is 2.41. The fraction of sp³-hybridized carbons (Fsp3) is 0.0952.